The molecule has 76 valence electrons. The van der Waals surface area contributed by atoms with Gasteiger partial charge in [-0.2, -0.15) is 0 Å². The SMILES string of the molecule is CN1C=CN(CC2=CC=CCC2)CC1. The summed E-state index contributed by atoms with van der Waals surface area (Å²) in [6.07, 6.45) is 13.5. The number of hydrogen-bond donors (Lipinski definition) is 0. The van der Waals surface area contributed by atoms with E-state index in [1.807, 2.05) is 0 Å². The van der Waals surface area contributed by atoms with Crippen LogP contribution in [0.3, 0.4) is 0 Å². The summed E-state index contributed by atoms with van der Waals surface area (Å²) >= 11 is 0. The Morgan fingerprint density at radius 2 is 2.21 bits per heavy atom. The van der Waals surface area contributed by atoms with Crippen molar-refractivity contribution < 1.29 is 0 Å². The maximum absolute atomic E-state index is 2.39. The lowest BCUT2D eigenvalue weighted by molar-refractivity contribution is 0.301. The molecule has 0 fully saturated rings. The first-order valence-electron chi connectivity index (χ1n) is 5.32. The average Bonchev–Trinajstić information content (AvgIpc) is 2.23. The predicted molar refractivity (Wildman–Crippen MR) is 59.8 cm³/mol. The van der Waals surface area contributed by atoms with Crippen molar-refractivity contribution in [3.8, 4) is 0 Å². The topological polar surface area (TPSA) is 6.48 Å². The quantitative estimate of drug-likeness (QED) is 0.657. The molecule has 0 amide bonds. The Labute approximate surface area is 86.2 Å². The Morgan fingerprint density at radius 1 is 1.29 bits per heavy atom. The minimum absolute atomic E-state index is 1.11. The smallest absolute Gasteiger partial charge is 0.0387 e. The highest BCUT2D eigenvalue weighted by molar-refractivity contribution is 5.19. The summed E-state index contributed by atoms with van der Waals surface area (Å²) in [5.41, 5.74) is 1.56. The fourth-order valence-electron chi connectivity index (χ4n) is 1.82. The Kier molecular flexibility index (Phi) is 2.92. The Morgan fingerprint density at radius 3 is 2.86 bits per heavy atom. The Balaban J connectivity index is 1.88. The van der Waals surface area contributed by atoms with E-state index in [4.69, 9.17) is 0 Å². The van der Waals surface area contributed by atoms with Crippen molar-refractivity contribution in [3.05, 3.63) is 36.2 Å². The molecular formula is C12H18N2. The molecule has 0 aromatic rings. The van der Waals surface area contributed by atoms with Gasteiger partial charge >= 0.3 is 0 Å². The van der Waals surface area contributed by atoms with Gasteiger partial charge in [0.1, 0.15) is 0 Å². The van der Waals surface area contributed by atoms with E-state index in [0.717, 1.165) is 19.6 Å². The molecule has 0 saturated heterocycles. The summed E-state index contributed by atoms with van der Waals surface area (Å²) in [6.45, 7) is 3.39. The van der Waals surface area contributed by atoms with Gasteiger partial charge in [-0.1, -0.05) is 23.8 Å². The van der Waals surface area contributed by atoms with Crippen LogP contribution in [0.1, 0.15) is 12.8 Å². The molecule has 14 heavy (non-hydrogen) atoms. The van der Waals surface area contributed by atoms with Gasteiger partial charge in [0.05, 0.1) is 0 Å². The van der Waals surface area contributed by atoms with Crippen molar-refractivity contribution in [2.75, 3.05) is 26.7 Å². The first kappa shape index (κ1) is 9.38. The molecule has 2 heteroatoms. The zero-order chi connectivity index (χ0) is 9.80. The minimum atomic E-state index is 1.11. The third-order valence-corrected chi connectivity index (χ3v) is 2.78. The van der Waals surface area contributed by atoms with E-state index in [9.17, 15) is 0 Å². The summed E-state index contributed by atoms with van der Waals surface area (Å²) in [5.74, 6) is 0. The van der Waals surface area contributed by atoms with Gasteiger partial charge < -0.3 is 9.80 Å². The third-order valence-electron chi connectivity index (χ3n) is 2.78. The monoisotopic (exact) mass is 190 g/mol. The number of nitrogens with zero attached hydrogens (tertiary/aromatic N) is 2. The van der Waals surface area contributed by atoms with Gasteiger partial charge in [-0.05, 0) is 12.8 Å². The van der Waals surface area contributed by atoms with E-state index < -0.39 is 0 Å². The van der Waals surface area contributed by atoms with Crippen LogP contribution in [0.2, 0.25) is 0 Å². The molecule has 0 unspecified atom stereocenters. The normalized spacial score (nSPS) is 21.4. The molecule has 0 atom stereocenters. The molecule has 0 N–H and O–H groups in total. The van der Waals surface area contributed by atoms with Crippen molar-refractivity contribution in [1.82, 2.24) is 9.80 Å². The van der Waals surface area contributed by atoms with Gasteiger partial charge in [0, 0.05) is 39.1 Å². The number of rotatable bonds is 2. The standard InChI is InChI=1S/C12H18N2/c1-13-7-9-14(10-8-13)11-12-5-3-2-4-6-12/h2-3,5,7,9H,4,6,8,10-11H2,1H3. The summed E-state index contributed by atoms with van der Waals surface area (Å²) < 4.78 is 0. The molecule has 0 saturated carbocycles. The van der Waals surface area contributed by atoms with Crippen LogP contribution in [0.4, 0.5) is 0 Å². The largest absolute Gasteiger partial charge is 0.377 e. The van der Waals surface area contributed by atoms with Crippen LogP contribution >= 0.6 is 0 Å². The van der Waals surface area contributed by atoms with Crippen LogP contribution in [0.5, 0.6) is 0 Å². The second-order valence-electron chi connectivity index (χ2n) is 4.04. The van der Waals surface area contributed by atoms with Gasteiger partial charge in [0.15, 0.2) is 0 Å². The first-order chi connectivity index (χ1) is 6.84. The van der Waals surface area contributed by atoms with Gasteiger partial charge in [-0.15, -0.1) is 0 Å². The fourth-order valence-corrected chi connectivity index (χ4v) is 1.82. The molecule has 0 radical (unpaired) electrons. The molecule has 2 rings (SSSR count). The second-order valence-corrected chi connectivity index (χ2v) is 4.04. The van der Waals surface area contributed by atoms with Crippen molar-refractivity contribution in [1.29, 1.82) is 0 Å². The molecule has 2 nitrogen and oxygen atoms in total. The molecule has 0 bridgehead atoms. The maximum Gasteiger partial charge on any atom is 0.0387 e. The molecular weight excluding hydrogens is 172 g/mol. The Hall–Kier alpha value is -1.18. The molecule has 0 aromatic heterocycles. The highest BCUT2D eigenvalue weighted by Gasteiger charge is 2.08. The molecule has 1 aliphatic heterocycles. The second kappa shape index (κ2) is 4.36. The van der Waals surface area contributed by atoms with Crippen molar-refractivity contribution in [2.45, 2.75) is 12.8 Å². The number of likely N-dealkylation sites (N-methyl/N-ethyl adjacent to an activating group) is 1. The van der Waals surface area contributed by atoms with E-state index in [-0.39, 0.29) is 0 Å². The lowest BCUT2D eigenvalue weighted by Gasteiger charge is -2.29. The van der Waals surface area contributed by atoms with E-state index in [1.165, 1.54) is 12.8 Å². The zero-order valence-corrected chi connectivity index (χ0v) is 8.82. The van der Waals surface area contributed by atoms with Crippen LogP contribution < -0.4 is 0 Å². The summed E-state index contributed by atoms with van der Waals surface area (Å²) in [5, 5.41) is 0. The number of hydrogen-bond acceptors (Lipinski definition) is 2. The zero-order valence-electron chi connectivity index (χ0n) is 8.82. The third kappa shape index (κ3) is 2.41. The molecule has 0 aromatic carbocycles. The fraction of sp³-hybridized carbons (Fsp3) is 0.500. The Bertz CT molecular complexity index is 276. The van der Waals surface area contributed by atoms with Crippen LogP contribution in [-0.4, -0.2) is 36.5 Å². The van der Waals surface area contributed by atoms with Crippen LogP contribution in [0.25, 0.3) is 0 Å². The van der Waals surface area contributed by atoms with Crippen LogP contribution in [0.15, 0.2) is 36.2 Å². The first-order valence-corrected chi connectivity index (χ1v) is 5.32. The lowest BCUT2D eigenvalue weighted by Crippen LogP contribution is -2.33. The van der Waals surface area contributed by atoms with Gasteiger partial charge in [0.2, 0.25) is 0 Å². The van der Waals surface area contributed by atoms with E-state index in [1.54, 1.807) is 5.57 Å². The van der Waals surface area contributed by atoms with Crippen molar-refractivity contribution in [3.63, 3.8) is 0 Å². The van der Waals surface area contributed by atoms with E-state index in [2.05, 4.69) is 47.5 Å². The van der Waals surface area contributed by atoms with Crippen LogP contribution in [0, 0.1) is 0 Å². The van der Waals surface area contributed by atoms with E-state index >= 15 is 0 Å². The summed E-state index contributed by atoms with van der Waals surface area (Å²) in [4.78, 5) is 4.62. The average molecular weight is 190 g/mol. The maximum atomic E-state index is 2.39. The molecule has 2 aliphatic rings. The minimum Gasteiger partial charge on any atom is -0.377 e. The highest BCUT2D eigenvalue weighted by Crippen LogP contribution is 2.14. The summed E-state index contributed by atoms with van der Waals surface area (Å²) in [6, 6.07) is 0. The highest BCUT2D eigenvalue weighted by atomic mass is 15.2. The van der Waals surface area contributed by atoms with Crippen molar-refractivity contribution >= 4 is 0 Å². The molecule has 0 spiro atoms. The van der Waals surface area contributed by atoms with Crippen molar-refractivity contribution in [2.24, 2.45) is 0 Å². The molecule has 1 aliphatic carbocycles. The van der Waals surface area contributed by atoms with Gasteiger partial charge in [-0.3, -0.25) is 0 Å². The van der Waals surface area contributed by atoms with Gasteiger partial charge in [0.25, 0.3) is 0 Å². The van der Waals surface area contributed by atoms with E-state index in [0.29, 0.717) is 0 Å². The lowest BCUT2D eigenvalue weighted by atomic mass is 10.0. The molecule has 1 heterocycles. The van der Waals surface area contributed by atoms with Gasteiger partial charge in [-0.25, -0.2) is 0 Å². The van der Waals surface area contributed by atoms with Crippen LogP contribution in [-0.2, 0) is 0 Å². The predicted octanol–water partition coefficient (Wildman–Crippen LogP) is 1.98. The summed E-state index contributed by atoms with van der Waals surface area (Å²) in [7, 11) is 2.12. The number of allylic oxidation sites excluding steroid dienone is 3.